The molecule has 0 amide bonds. The number of anilines is 2. The van der Waals surface area contributed by atoms with Crippen LogP contribution in [-0.2, 0) is 4.74 Å². The number of benzene rings is 2. The Labute approximate surface area is 153 Å². The van der Waals surface area contributed by atoms with Crippen molar-refractivity contribution in [3.05, 3.63) is 56.6 Å². The number of ether oxygens (including phenoxy) is 1. The van der Waals surface area contributed by atoms with Gasteiger partial charge in [-0.2, -0.15) is 0 Å². The highest BCUT2D eigenvalue weighted by Crippen LogP contribution is 2.37. The molecule has 1 N–H and O–H groups in total. The Morgan fingerprint density at radius 1 is 1.19 bits per heavy atom. The number of rotatable bonds is 4. The number of nitro groups is 1. The molecule has 0 aliphatic rings. The van der Waals surface area contributed by atoms with Gasteiger partial charge in [-0.3, -0.25) is 10.1 Å². The number of methoxy groups -OCH3 is 1. The van der Waals surface area contributed by atoms with Crippen LogP contribution in [0.5, 0.6) is 0 Å². The highest BCUT2D eigenvalue weighted by Gasteiger charge is 2.21. The number of hydrogen-bond donors (Lipinski definition) is 1. The van der Waals surface area contributed by atoms with Crippen LogP contribution in [0.2, 0.25) is 0 Å². The van der Waals surface area contributed by atoms with E-state index in [0.717, 1.165) is 22.4 Å². The summed E-state index contributed by atoms with van der Waals surface area (Å²) in [4.78, 5) is 27.1. The van der Waals surface area contributed by atoms with E-state index in [2.05, 4.69) is 27.2 Å². The molecule has 0 fully saturated rings. The summed E-state index contributed by atoms with van der Waals surface area (Å²) >= 11 is 1.18. The molecule has 1 aromatic heterocycles. The largest absolute Gasteiger partial charge is 0.465 e. The minimum Gasteiger partial charge on any atom is -0.465 e. The molecule has 0 aliphatic carbocycles. The van der Waals surface area contributed by atoms with Crippen molar-refractivity contribution in [3.8, 4) is 0 Å². The molecule has 7 nitrogen and oxygen atoms in total. The Morgan fingerprint density at radius 2 is 1.85 bits per heavy atom. The SMILES string of the molecule is COC(=O)c1cc([N+](=O)[O-])c2sc(Nc3c(C)cc(C)cc3C)nc2c1. The molecule has 0 saturated carbocycles. The molecule has 26 heavy (non-hydrogen) atoms. The molecular formula is C18H17N3O4S. The summed E-state index contributed by atoms with van der Waals surface area (Å²) in [7, 11) is 1.23. The highest BCUT2D eigenvalue weighted by molar-refractivity contribution is 7.22. The zero-order chi connectivity index (χ0) is 19.0. The molecular weight excluding hydrogens is 354 g/mol. The van der Waals surface area contributed by atoms with Crippen LogP contribution in [0.1, 0.15) is 27.0 Å². The van der Waals surface area contributed by atoms with Crippen molar-refractivity contribution >= 4 is 44.0 Å². The number of hydrogen-bond acceptors (Lipinski definition) is 7. The molecule has 3 rings (SSSR count). The topological polar surface area (TPSA) is 94.4 Å². The monoisotopic (exact) mass is 371 g/mol. The first-order valence-electron chi connectivity index (χ1n) is 7.82. The minimum atomic E-state index is -0.636. The van der Waals surface area contributed by atoms with Crippen molar-refractivity contribution in [1.82, 2.24) is 4.98 Å². The van der Waals surface area contributed by atoms with Crippen molar-refractivity contribution in [2.24, 2.45) is 0 Å². The smallest absolute Gasteiger partial charge is 0.338 e. The van der Waals surface area contributed by atoms with Crippen LogP contribution >= 0.6 is 11.3 Å². The van der Waals surface area contributed by atoms with E-state index in [1.807, 2.05) is 20.8 Å². The number of aromatic nitrogens is 1. The minimum absolute atomic E-state index is 0.103. The number of fused-ring (bicyclic) bond motifs is 1. The lowest BCUT2D eigenvalue weighted by Gasteiger charge is -2.11. The summed E-state index contributed by atoms with van der Waals surface area (Å²) in [6.45, 7) is 6.01. The number of nitrogens with one attached hydrogen (secondary N) is 1. The van der Waals surface area contributed by atoms with E-state index < -0.39 is 10.9 Å². The van der Waals surface area contributed by atoms with Crippen LogP contribution in [0.25, 0.3) is 10.2 Å². The van der Waals surface area contributed by atoms with Crippen LogP contribution in [0.3, 0.4) is 0 Å². The standard InChI is InChI=1S/C18H17N3O4S/c1-9-5-10(2)15(11(3)6-9)20-18-19-13-7-12(17(22)25-4)8-14(21(23)24)16(13)26-18/h5-8H,1-4H3,(H,19,20). The average molecular weight is 371 g/mol. The molecule has 1 heterocycles. The summed E-state index contributed by atoms with van der Waals surface area (Å²) in [5.41, 5.74) is 4.53. The lowest BCUT2D eigenvalue weighted by Crippen LogP contribution is -2.02. The van der Waals surface area contributed by atoms with E-state index >= 15 is 0 Å². The Balaban J connectivity index is 2.11. The number of nitro benzene ring substituents is 1. The van der Waals surface area contributed by atoms with E-state index in [-0.39, 0.29) is 11.3 Å². The number of carbonyl (C=O) groups excluding carboxylic acids is 1. The quantitative estimate of drug-likeness (QED) is 0.407. The van der Waals surface area contributed by atoms with Gasteiger partial charge >= 0.3 is 5.97 Å². The second-order valence-corrected chi connectivity index (χ2v) is 7.01. The van der Waals surface area contributed by atoms with Crippen molar-refractivity contribution < 1.29 is 14.5 Å². The lowest BCUT2D eigenvalue weighted by atomic mass is 10.1. The zero-order valence-electron chi connectivity index (χ0n) is 14.7. The van der Waals surface area contributed by atoms with E-state index in [9.17, 15) is 14.9 Å². The fourth-order valence-electron chi connectivity index (χ4n) is 2.92. The van der Waals surface area contributed by atoms with Crippen LogP contribution in [0.15, 0.2) is 24.3 Å². The van der Waals surface area contributed by atoms with Gasteiger partial charge in [0.05, 0.1) is 23.1 Å². The van der Waals surface area contributed by atoms with Crippen molar-refractivity contribution in [3.63, 3.8) is 0 Å². The first kappa shape index (κ1) is 17.8. The van der Waals surface area contributed by atoms with Gasteiger partial charge in [0.15, 0.2) is 5.13 Å². The number of esters is 1. The molecule has 0 atom stereocenters. The van der Waals surface area contributed by atoms with E-state index in [4.69, 9.17) is 0 Å². The Morgan fingerprint density at radius 3 is 2.42 bits per heavy atom. The predicted octanol–water partition coefficient (Wildman–Crippen LogP) is 4.66. The Kier molecular flexibility index (Phi) is 4.60. The molecule has 134 valence electrons. The molecule has 0 unspecified atom stereocenters. The maximum atomic E-state index is 11.8. The van der Waals surface area contributed by atoms with E-state index in [1.165, 1.54) is 30.6 Å². The Hall–Kier alpha value is -3.00. The van der Waals surface area contributed by atoms with E-state index in [1.54, 1.807) is 0 Å². The summed E-state index contributed by atoms with van der Waals surface area (Å²) in [6.07, 6.45) is 0. The zero-order valence-corrected chi connectivity index (χ0v) is 15.6. The normalized spacial score (nSPS) is 10.8. The molecule has 3 aromatic rings. The van der Waals surface area contributed by atoms with Crippen molar-refractivity contribution in [2.75, 3.05) is 12.4 Å². The molecule has 2 aromatic carbocycles. The first-order valence-corrected chi connectivity index (χ1v) is 8.64. The number of nitrogens with zero attached hydrogens (tertiary/aromatic N) is 2. The molecule has 0 radical (unpaired) electrons. The van der Waals surface area contributed by atoms with Crippen LogP contribution in [0, 0.1) is 30.9 Å². The van der Waals surface area contributed by atoms with Gasteiger partial charge in [-0.25, -0.2) is 9.78 Å². The van der Waals surface area contributed by atoms with Gasteiger partial charge in [-0.15, -0.1) is 0 Å². The molecule has 8 heteroatoms. The van der Waals surface area contributed by atoms with Gasteiger partial charge in [0.2, 0.25) is 0 Å². The third-order valence-electron chi connectivity index (χ3n) is 4.00. The molecule has 0 saturated heterocycles. The summed E-state index contributed by atoms with van der Waals surface area (Å²) in [5, 5.41) is 15.2. The summed E-state index contributed by atoms with van der Waals surface area (Å²) < 4.78 is 5.07. The highest BCUT2D eigenvalue weighted by atomic mass is 32.1. The van der Waals surface area contributed by atoms with Gasteiger partial charge in [-0.05, 0) is 38.0 Å². The summed E-state index contributed by atoms with van der Waals surface area (Å²) in [5.74, 6) is -0.636. The number of non-ortho nitro benzene ring substituents is 1. The van der Waals surface area contributed by atoms with Crippen molar-refractivity contribution in [1.29, 1.82) is 0 Å². The fraction of sp³-hybridized carbons (Fsp3) is 0.222. The second-order valence-electron chi connectivity index (χ2n) is 6.01. The lowest BCUT2D eigenvalue weighted by molar-refractivity contribution is -0.382. The second kappa shape index (κ2) is 6.72. The number of carbonyl (C=O) groups is 1. The third-order valence-corrected chi connectivity index (χ3v) is 5.01. The first-order chi connectivity index (χ1) is 12.3. The maximum Gasteiger partial charge on any atom is 0.338 e. The van der Waals surface area contributed by atoms with Crippen LogP contribution in [0.4, 0.5) is 16.5 Å². The van der Waals surface area contributed by atoms with Gasteiger partial charge in [0, 0.05) is 11.8 Å². The predicted molar refractivity (Wildman–Crippen MR) is 102 cm³/mol. The molecule has 0 spiro atoms. The Bertz CT molecular complexity index is 1020. The fourth-order valence-corrected chi connectivity index (χ4v) is 3.86. The average Bonchev–Trinajstić information content (AvgIpc) is 2.98. The number of thiazole rings is 1. The number of aryl methyl sites for hydroxylation is 3. The summed E-state index contributed by atoms with van der Waals surface area (Å²) in [6, 6.07) is 6.84. The maximum absolute atomic E-state index is 11.8. The van der Waals surface area contributed by atoms with Gasteiger partial charge < -0.3 is 10.1 Å². The molecule has 0 bridgehead atoms. The van der Waals surface area contributed by atoms with Crippen molar-refractivity contribution in [2.45, 2.75) is 20.8 Å². The van der Waals surface area contributed by atoms with Crippen LogP contribution in [-0.4, -0.2) is 23.0 Å². The molecule has 0 aliphatic heterocycles. The van der Waals surface area contributed by atoms with Gasteiger partial charge in [0.25, 0.3) is 5.69 Å². The van der Waals surface area contributed by atoms with Crippen LogP contribution < -0.4 is 5.32 Å². The van der Waals surface area contributed by atoms with Gasteiger partial charge in [0.1, 0.15) is 4.70 Å². The van der Waals surface area contributed by atoms with E-state index in [0.29, 0.717) is 15.3 Å². The third kappa shape index (κ3) is 3.23. The van der Waals surface area contributed by atoms with Gasteiger partial charge in [-0.1, -0.05) is 29.0 Å².